The number of rotatable bonds is 4. The van der Waals surface area contributed by atoms with Crippen molar-refractivity contribution < 1.29 is 16.8 Å². The Labute approximate surface area is 174 Å². The third-order valence-corrected chi connectivity index (χ3v) is 8.43. The Kier molecular flexibility index (Phi) is 5.95. The average Bonchev–Trinajstić information content (AvgIpc) is 3.05. The highest BCUT2D eigenvalue weighted by Crippen LogP contribution is 2.30. The fourth-order valence-electron chi connectivity index (χ4n) is 2.87. The van der Waals surface area contributed by atoms with Crippen LogP contribution in [0.1, 0.15) is 11.1 Å². The smallest absolute Gasteiger partial charge is 0.219 e. The zero-order chi connectivity index (χ0) is 20.5. The van der Waals surface area contributed by atoms with E-state index in [0.29, 0.717) is 11.1 Å². The summed E-state index contributed by atoms with van der Waals surface area (Å²) < 4.78 is 52.6. The SMILES string of the molecule is Cc1ccc(S(=O)(=O)/C=C2/CN(S(=O)(=O)c3ccc(C)cc3)C/C2=C/Br)cc1. The molecule has 0 spiro atoms. The average molecular weight is 482 g/mol. The van der Waals surface area contributed by atoms with Crippen molar-refractivity contribution in [1.29, 1.82) is 0 Å². The number of halogens is 1. The van der Waals surface area contributed by atoms with Gasteiger partial charge in [-0.2, -0.15) is 4.31 Å². The third kappa shape index (κ3) is 4.30. The van der Waals surface area contributed by atoms with Gasteiger partial charge in [-0.3, -0.25) is 0 Å². The van der Waals surface area contributed by atoms with Gasteiger partial charge in [-0.25, -0.2) is 16.8 Å². The molecule has 0 aromatic heterocycles. The number of aryl methyl sites for hydroxylation is 2. The monoisotopic (exact) mass is 481 g/mol. The maximum absolute atomic E-state index is 12.9. The van der Waals surface area contributed by atoms with E-state index in [2.05, 4.69) is 15.9 Å². The highest BCUT2D eigenvalue weighted by molar-refractivity contribution is 9.11. The Morgan fingerprint density at radius 3 is 1.75 bits per heavy atom. The third-order valence-electron chi connectivity index (χ3n) is 4.54. The lowest BCUT2D eigenvalue weighted by Crippen LogP contribution is -2.28. The van der Waals surface area contributed by atoms with Crippen LogP contribution in [-0.4, -0.2) is 34.2 Å². The molecule has 8 heteroatoms. The summed E-state index contributed by atoms with van der Waals surface area (Å²) in [5.41, 5.74) is 2.99. The Morgan fingerprint density at radius 2 is 1.25 bits per heavy atom. The zero-order valence-corrected chi connectivity index (χ0v) is 18.7. The van der Waals surface area contributed by atoms with Gasteiger partial charge in [0.05, 0.1) is 9.79 Å². The number of sulfonamides is 1. The van der Waals surface area contributed by atoms with Crippen molar-refractivity contribution in [3.8, 4) is 0 Å². The van der Waals surface area contributed by atoms with E-state index >= 15 is 0 Å². The molecule has 0 radical (unpaired) electrons. The summed E-state index contributed by atoms with van der Waals surface area (Å²) in [5.74, 6) is 0. The van der Waals surface area contributed by atoms with Crippen molar-refractivity contribution in [2.75, 3.05) is 13.1 Å². The van der Waals surface area contributed by atoms with Crippen molar-refractivity contribution in [2.24, 2.45) is 0 Å². The molecule has 5 nitrogen and oxygen atoms in total. The zero-order valence-electron chi connectivity index (χ0n) is 15.5. The number of nitrogens with zero attached hydrogens (tertiary/aromatic N) is 1. The molecule has 2 aromatic rings. The highest BCUT2D eigenvalue weighted by atomic mass is 79.9. The molecule has 1 aliphatic heterocycles. The molecule has 0 atom stereocenters. The quantitative estimate of drug-likeness (QED) is 0.662. The van der Waals surface area contributed by atoms with E-state index in [9.17, 15) is 16.8 Å². The van der Waals surface area contributed by atoms with Crippen molar-refractivity contribution in [3.63, 3.8) is 0 Å². The fraction of sp³-hybridized carbons (Fsp3) is 0.200. The molecule has 0 saturated carbocycles. The molecule has 148 valence electrons. The van der Waals surface area contributed by atoms with Crippen LogP contribution >= 0.6 is 15.9 Å². The van der Waals surface area contributed by atoms with Crippen LogP contribution in [0.4, 0.5) is 0 Å². The molecule has 0 N–H and O–H groups in total. The second kappa shape index (κ2) is 7.94. The van der Waals surface area contributed by atoms with Crippen molar-refractivity contribution >= 4 is 35.8 Å². The summed E-state index contributed by atoms with van der Waals surface area (Å²) >= 11 is 3.23. The van der Waals surface area contributed by atoms with Gasteiger partial charge >= 0.3 is 0 Å². The molecule has 3 rings (SSSR count). The van der Waals surface area contributed by atoms with Gasteiger partial charge in [0.2, 0.25) is 10.0 Å². The summed E-state index contributed by atoms with van der Waals surface area (Å²) in [6.07, 6.45) is 0. The lowest BCUT2D eigenvalue weighted by Gasteiger charge is -2.15. The Hall–Kier alpha value is -1.74. The van der Waals surface area contributed by atoms with E-state index in [0.717, 1.165) is 16.5 Å². The summed E-state index contributed by atoms with van der Waals surface area (Å²) in [4.78, 5) is 1.95. The minimum absolute atomic E-state index is 0.00126. The topological polar surface area (TPSA) is 71.5 Å². The molecule has 2 aromatic carbocycles. The van der Waals surface area contributed by atoms with Crippen LogP contribution in [0.15, 0.2) is 79.9 Å². The van der Waals surface area contributed by atoms with Gasteiger partial charge in [0.15, 0.2) is 9.84 Å². The number of sulfone groups is 1. The first-order valence-electron chi connectivity index (χ1n) is 8.52. The molecule has 0 bridgehead atoms. The first-order chi connectivity index (χ1) is 13.1. The Morgan fingerprint density at radius 1 is 0.786 bits per heavy atom. The van der Waals surface area contributed by atoms with Crippen LogP contribution < -0.4 is 0 Å². The van der Waals surface area contributed by atoms with Gasteiger partial charge in [0.25, 0.3) is 0 Å². The molecular weight excluding hydrogens is 462 g/mol. The van der Waals surface area contributed by atoms with Gasteiger partial charge in [-0.05, 0) is 54.2 Å². The van der Waals surface area contributed by atoms with E-state index < -0.39 is 19.9 Å². The Bertz CT molecular complexity index is 1150. The van der Waals surface area contributed by atoms with Gasteiger partial charge < -0.3 is 0 Å². The largest absolute Gasteiger partial charge is 0.243 e. The number of benzene rings is 2. The van der Waals surface area contributed by atoms with Crippen LogP contribution in [0.25, 0.3) is 0 Å². The number of hydrogen-bond acceptors (Lipinski definition) is 4. The van der Waals surface area contributed by atoms with Crippen LogP contribution in [0.3, 0.4) is 0 Å². The fourth-order valence-corrected chi connectivity index (χ4v) is 5.96. The minimum atomic E-state index is -3.72. The second-order valence-corrected chi connectivity index (χ2v) is 10.9. The van der Waals surface area contributed by atoms with Crippen molar-refractivity contribution in [1.82, 2.24) is 4.31 Å². The van der Waals surface area contributed by atoms with Crippen molar-refractivity contribution in [2.45, 2.75) is 23.6 Å². The summed E-state index contributed by atoms with van der Waals surface area (Å²) in [6, 6.07) is 13.2. The molecule has 1 heterocycles. The molecule has 0 aliphatic carbocycles. The van der Waals surface area contributed by atoms with Crippen LogP contribution in [0, 0.1) is 13.8 Å². The summed E-state index contributed by atoms with van der Waals surface area (Å²) in [6.45, 7) is 3.87. The molecule has 1 saturated heterocycles. The molecule has 1 fully saturated rings. The highest BCUT2D eigenvalue weighted by Gasteiger charge is 2.33. The van der Waals surface area contributed by atoms with Crippen molar-refractivity contribution in [3.05, 3.63) is 81.2 Å². The first-order valence-corrected chi connectivity index (χ1v) is 12.4. The van der Waals surface area contributed by atoms with Crippen LogP contribution in [0.5, 0.6) is 0 Å². The maximum atomic E-state index is 12.9. The Balaban J connectivity index is 1.95. The van der Waals surface area contributed by atoms with E-state index in [1.807, 2.05) is 13.8 Å². The molecular formula is C20H20BrNO4S2. The maximum Gasteiger partial charge on any atom is 0.243 e. The van der Waals surface area contributed by atoms with Crippen LogP contribution in [0.2, 0.25) is 0 Å². The summed E-state index contributed by atoms with van der Waals surface area (Å²) in [5, 5.41) is 1.16. The molecule has 28 heavy (non-hydrogen) atoms. The molecule has 0 amide bonds. The van der Waals surface area contributed by atoms with E-state index in [1.54, 1.807) is 53.5 Å². The van der Waals surface area contributed by atoms with Gasteiger partial charge in [0.1, 0.15) is 0 Å². The van der Waals surface area contributed by atoms with Gasteiger partial charge in [-0.15, -0.1) is 0 Å². The van der Waals surface area contributed by atoms with Crippen LogP contribution in [-0.2, 0) is 19.9 Å². The standard InChI is InChI=1S/C20H20BrNO4S2/c1-15-3-7-19(8-4-15)27(23,24)14-18-13-22(12-17(18)11-21)28(25,26)20-9-5-16(2)6-10-20/h3-11,14H,12-13H2,1-2H3/b17-11-,18-14-. The van der Waals surface area contributed by atoms with E-state index in [4.69, 9.17) is 0 Å². The van der Waals surface area contributed by atoms with Gasteiger partial charge in [0, 0.05) is 18.5 Å². The minimum Gasteiger partial charge on any atom is -0.219 e. The lowest BCUT2D eigenvalue weighted by molar-refractivity contribution is 0.489. The second-order valence-electron chi connectivity index (χ2n) is 6.72. The van der Waals surface area contributed by atoms with E-state index in [-0.39, 0.29) is 22.9 Å². The van der Waals surface area contributed by atoms with Gasteiger partial charge in [-0.1, -0.05) is 51.3 Å². The first kappa shape index (κ1) is 21.0. The predicted octanol–water partition coefficient (Wildman–Crippen LogP) is 3.94. The normalized spacial score (nSPS) is 18.8. The molecule has 1 aliphatic rings. The summed E-state index contributed by atoms with van der Waals surface area (Å²) in [7, 11) is -7.41. The van der Waals surface area contributed by atoms with E-state index in [1.165, 1.54) is 4.31 Å². The lowest BCUT2D eigenvalue weighted by atomic mass is 10.2. The molecule has 0 unspecified atom stereocenters. The predicted molar refractivity (Wildman–Crippen MR) is 113 cm³/mol. The number of hydrogen-bond donors (Lipinski definition) is 0.